The van der Waals surface area contributed by atoms with Crippen molar-refractivity contribution in [2.24, 2.45) is 5.92 Å². The minimum Gasteiger partial charge on any atom is -0.396 e. The number of rotatable bonds is 8. The number of hydrogen-bond acceptors (Lipinski definition) is 3. The molecule has 0 saturated carbocycles. The van der Waals surface area contributed by atoms with Crippen LogP contribution in [-0.2, 0) is 6.42 Å². The van der Waals surface area contributed by atoms with E-state index < -0.39 is 0 Å². The average molecular weight is 264 g/mol. The molecule has 0 radical (unpaired) electrons. The number of carbonyl (C=O) groups excluding carboxylic acids is 1. The van der Waals surface area contributed by atoms with Gasteiger partial charge in [-0.15, -0.1) is 0 Å². The van der Waals surface area contributed by atoms with Crippen molar-refractivity contribution in [1.82, 2.24) is 10.3 Å². The fourth-order valence-electron chi connectivity index (χ4n) is 2.20. The molecular formula is C15H24N2O2. The Morgan fingerprint density at radius 1 is 1.42 bits per heavy atom. The minimum absolute atomic E-state index is 0.0432. The van der Waals surface area contributed by atoms with E-state index in [1.54, 1.807) is 18.5 Å². The van der Waals surface area contributed by atoms with Gasteiger partial charge in [0, 0.05) is 31.1 Å². The fraction of sp³-hybridized carbons (Fsp3) is 0.600. The summed E-state index contributed by atoms with van der Waals surface area (Å²) in [6.45, 7) is 4.93. The van der Waals surface area contributed by atoms with Gasteiger partial charge in [-0.2, -0.15) is 0 Å². The molecular weight excluding hydrogens is 240 g/mol. The van der Waals surface area contributed by atoms with Crippen LogP contribution in [0, 0.1) is 5.92 Å². The van der Waals surface area contributed by atoms with Crippen LogP contribution in [0.4, 0.5) is 0 Å². The topological polar surface area (TPSA) is 62.2 Å². The molecule has 0 fully saturated rings. The number of aromatic nitrogens is 1. The number of nitrogens with one attached hydrogen (secondary N) is 1. The van der Waals surface area contributed by atoms with E-state index in [2.05, 4.69) is 17.2 Å². The normalized spacial score (nSPS) is 12.2. The molecule has 1 unspecified atom stereocenters. The zero-order valence-electron chi connectivity index (χ0n) is 11.9. The van der Waals surface area contributed by atoms with Crippen LogP contribution in [0.15, 0.2) is 18.5 Å². The molecule has 0 aromatic carbocycles. The number of aliphatic hydroxyl groups is 1. The number of hydrogen-bond donors (Lipinski definition) is 2. The lowest BCUT2D eigenvalue weighted by Crippen LogP contribution is -2.30. The molecule has 1 aromatic rings. The zero-order valence-corrected chi connectivity index (χ0v) is 11.9. The lowest BCUT2D eigenvalue weighted by molar-refractivity contribution is 0.0942. The Balaban J connectivity index is 2.58. The summed E-state index contributed by atoms with van der Waals surface area (Å²) in [6.07, 6.45) is 7.02. The molecule has 1 rings (SSSR count). The van der Waals surface area contributed by atoms with E-state index in [0.29, 0.717) is 18.0 Å². The number of pyridine rings is 1. The van der Waals surface area contributed by atoms with Crippen LogP contribution in [0.1, 0.15) is 49.0 Å². The Hall–Kier alpha value is -1.42. The number of aliphatic hydroxyl groups excluding tert-OH is 1. The van der Waals surface area contributed by atoms with Gasteiger partial charge in [-0.05, 0) is 36.8 Å². The molecule has 0 spiro atoms. The molecule has 1 aromatic heterocycles. The molecule has 1 amide bonds. The van der Waals surface area contributed by atoms with Crippen LogP contribution in [0.2, 0.25) is 0 Å². The quantitative estimate of drug-likeness (QED) is 0.756. The molecule has 0 saturated heterocycles. The summed E-state index contributed by atoms with van der Waals surface area (Å²) in [4.78, 5) is 16.2. The average Bonchev–Trinajstić information content (AvgIpc) is 2.44. The smallest absolute Gasteiger partial charge is 0.251 e. The first-order valence-corrected chi connectivity index (χ1v) is 7.04. The zero-order chi connectivity index (χ0) is 14.1. The first-order chi connectivity index (χ1) is 9.22. The Kier molecular flexibility index (Phi) is 7.11. The highest BCUT2D eigenvalue weighted by molar-refractivity contribution is 5.95. The van der Waals surface area contributed by atoms with Crippen molar-refractivity contribution in [1.29, 1.82) is 0 Å². The van der Waals surface area contributed by atoms with Crippen molar-refractivity contribution in [3.05, 3.63) is 29.6 Å². The molecule has 0 aliphatic carbocycles. The number of nitrogens with zero attached hydrogens (tertiary/aromatic N) is 1. The van der Waals surface area contributed by atoms with Crippen LogP contribution >= 0.6 is 0 Å². The SMILES string of the molecule is CCCC(CCO)CNC(=O)c1ccncc1CC. The van der Waals surface area contributed by atoms with Gasteiger partial charge < -0.3 is 10.4 Å². The van der Waals surface area contributed by atoms with Crippen LogP contribution in [-0.4, -0.2) is 29.1 Å². The second-order valence-electron chi connectivity index (χ2n) is 4.76. The fourth-order valence-corrected chi connectivity index (χ4v) is 2.20. The van der Waals surface area contributed by atoms with Crippen molar-refractivity contribution >= 4 is 5.91 Å². The first-order valence-electron chi connectivity index (χ1n) is 7.04. The number of amides is 1. The van der Waals surface area contributed by atoms with Crippen LogP contribution in [0.5, 0.6) is 0 Å². The van der Waals surface area contributed by atoms with Gasteiger partial charge in [-0.3, -0.25) is 9.78 Å². The van der Waals surface area contributed by atoms with Crippen LogP contribution in [0.25, 0.3) is 0 Å². The van der Waals surface area contributed by atoms with Gasteiger partial charge in [0.05, 0.1) is 0 Å². The Labute approximate surface area is 115 Å². The third kappa shape index (κ3) is 4.99. The lowest BCUT2D eigenvalue weighted by atomic mass is 10.00. The van der Waals surface area contributed by atoms with Crippen molar-refractivity contribution < 1.29 is 9.90 Å². The summed E-state index contributed by atoms with van der Waals surface area (Å²) >= 11 is 0. The molecule has 0 bridgehead atoms. The van der Waals surface area contributed by atoms with Crippen molar-refractivity contribution in [2.75, 3.05) is 13.2 Å². The molecule has 0 aliphatic rings. The molecule has 19 heavy (non-hydrogen) atoms. The maximum absolute atomic E-state index is 12.1. The summed E-state index contributed by atoms with van der Waals surface area (Å²) in [5, 5.41) is 12.0. The van der Waals surface area contributed by atoms with Gasteiger partial charge in [0.25, 0.3) is 5.91 Å². The highest BCUT2D eigenvalue weighted by atomic mass is 16.3. The number of aryl methyl sites for hydroxylation is 1. The standard InChI is InChI=1S/C15H24N2O2/c1-3-5-12(7-9-18)10-17-15(19)14-6-8-16-11-13(14)4-2/h6,8,11-12,18H,3-5,7,9-10H2,1-2H3,(H,17,19). The van der Waals surface area contributed by atoms with Crippen molar-refractivity contribution in [3.63, 3.8) is 0 Å². The summed E-state index contributed by atoms with van der Waals surface area (Å²) in [5.41, 5.74) is 1.67. The van der Waals surface area contributed by atoms with Crippen molar-refractivity contribution in [2.45, 2.75) is 39.5 Å². The highest BCUT2D eigenvalue weighted by Crippen LogP contribution is 2.11. The Morgan fingerprint density at radius 3 is 2.84 bits per heavy atom. The second kappa shape index (κ2) is 8.64. The maximum atomic E-state index is 12.1. The van der Waals surface area contributed by atoms with Gasteiger partial charge >= 0.3 is 0 Å². The van der Waals surface area contributed by atoms with E-state index in [1.165, 1.54) is 0 Å². The minimum atomic E-state index is -0.0432. The molecule has 4 heteroatoms. The van der Waals surface area contributed by atoms with E-state index in [-0.39, 0.29) is 12.5 Å². The molecule has 1 heterocycles. The van der Waals surface area contributed by atoms with Gasteiger partial charge in [0.1, 0.15) is 0 Å². The predicted molar refractivity (Wildman–Crippen MR) is 76.0 cm³/mol. The lowest BCUT2D eigenvalue weighted by Gasteiger charge is -2.16. The molecule has 0 aliphatic heterocycles. The van der Waals surface area contributed by atoms with E-state index in [9.17, 15) is 4.79 Å². The summed E-state index contributed by atoms with van der Waals surface area (Å²) in [5.74, 6) is 0.309. The van der Waals surface area contributed by atoms with E-state index in [4.69, 9.17) is 5.11 Å². The predicted octanol–water partition coefficient (Wildman–Crippen LogP) is 2.17. The highest BCUT2D eigenvalue weighted by Gasteiger charge is 2.13. The summed E-state index contributed by atoms with van der Waals surface area (Å²) < 4.78 is 0. The van der Waals surface area contributed by atoms with Gasteiger partial charge in [-0.25, -0.2) is 0 Å². The largest absolute Gasteiger partial charge is 0.396 e. The van der Waals surface area contributed by atoms with Gasteiger partial charge in [-0.1, -0.05) is 20.3 Å². The molecule has 2 N–H and O–H groups in total. The first kappa shape index (κ1) is 15.6. The maximum Gasteiger partial charge on any atom is 0.251 e. The Morgan fingerprint density at radius 2 is 2.21 bits per heavy atom. The van der Waals surface area contributed by atoms with E-state index in [1.807, 2.05) is 6.92 Å². The van der Waals surface area contributed by atoms with Gasteiger partial charge in [0.15, 0.2) is 0 Å². The van der Waals surface area contributed by atoms with Crippen LogP contribution in [0.3, 0.4) is 0 Å². The summed E-state index contributed by atoms with van der Waals surface area (Å²) in [6, 6.07) is 1.76. The molecule has 1 atom stereocenters. The van der Waals surface area contributed by atoms with Crippen molar-refractivity contribution in [3.8, 4) is 0 Å². The molecule has 4 nitrogen and oxygen atoms in total. The van der Waals surface area contributed by atoms with Crippen LogP contribution < -0.4 is 5.32 Å². The summed E-state index contributed by atoms with van der Waals surface area (Å²) in [7, 11) is 0. The third-order valence-corrected chi connectivity index (χ3v) is 3.31. The number of carbonyl (C=O) groups is 1. The van der Waals surface area contributed by atoms with E-state index in [0.717, 1.165) is 31.2 Å². The monoisotopic (exact) mass is 264 g/mol. The third-order valence-electron chi connectivity index (χ3n) is 3.31. The Bertz CT molecular complexity index is 387. The molecule has 106 valence electrons. The second-order valence-corrected chi connectivity index (χ2v) is 4.76. The van der Waals surface area contributed by atoms with Gasteiger partial charge in [0.2, 0.25) is 0 Å². The van der Waals surface area contributed by atoms with E-state index >= 15 is 0 Å².